The average Bonchev–Trinajstić information content (AvgIpc) is 3.46. The molecule has 1 amide bonds. The van der Waals surface area contributed by atoms with Crippen LogP contribution in [0.5, 0.6) is 11.5 Å². The van der Waals surface area contributed by atoms with Crippen LogP contribution in [0.4, 0.5) is 5.69 Å². The Morgan fingerprint density at radius 2 is 1.70 bits per heavy atom. The number of hydrogen-bond donors (Lipinski definition) is 0. The Hall–Kier alpha value is -3.80. The van der Waals surface area contributed by atoms with Gasteiger partial charge in [0.25, 0.3) is 0 Å². The van der Waals surface area contributed by atoms with Gasteiger partial charge in [0.05, 0.1) is 30.4 Å². The van der Waals surface area contributed by atoms with Crippen molar-refractivity contribution in [1.29, 1.82) is 0 Å². The van der Waals surface area contributed by atoms with Crippen molar-refractivity contribution in [3.05, 3.63) is 84.2 Å². The standard InChI is InChI=1S/C31H35N3O3/c1-31(2,3)23-14-16-24(17-15-23)37-19-9-18-33-26-11-6-5-10-25(26)32-30(33)22-20-29(35)34(21-22)27-12-7-8-13-28(27)36-4/h5-8,10-17,22H,9,18-21H2,1-4H3. The molecule has 1 saturated heterocycles. The number of carbonyl (C=O) groups excluding carboxylic acids is 1. The van der Waals surface area contributed by atoms with Gasteiger partial charge in [0.15, 0.2) is 0 Å². The number of methoxy groups -OCH3 is 1. The molecule has 0 aliphatic carbocycles. The first-order valence-electron chi connectivity index (χ1n) is 13.0. The zero-order valence-corrected chi connectivity index (χ0v) is 22.1. The van der Waals surface area contributed by atoms with Crippen LogP contribution < -0.4 is 14.4 Å². The Labute approximate surface area is 218 Å². The van der Waals surface area contributed by atoms with Crippen molar-refractivity contribution in [3.8, 4) is 11.5 Å². The van der Waals surface area contributed by atoms with E-state index in [4.69, 9.17) is 14.5 Å². The summed E-state index contributed by atoms with van der Waals surface area (Å²) in [5.74, 6) is 2.66. The topological polar surface area (TPSA) is 56.6 Å². The number of fused-ring (bicyclic) bond motifs is 1. The highest BCUT2D eigenvalue weighted by Crippen LogP contribution is 2.37. The predicted octanol–water partition coefficient (Wildman–Crippen LogP) is 6.33. The molecule has 5 rings (SSSR count). The van der Waals surface area contributed by atoms with E-state index in [9.17, 15) is 4.79 Å². The summed E-state index contributed by atoms with van der Waals surface area (Å²) in [6.45, 7) is 8.60. The van der Waals surface area contributed by atoms with Crippen LogP contribution in [0.25, 0.3) is 11.0 Å². The number of aromatic nitrogens is 2. The van der Waals surface area contributed by atoms with Crippen LogP contribution >= 0.6 is 0 Å². The molecular formula is C31H35N3O3. The van der Waals surface area contributed by atoms with Crippen LogP contribution in [0.3, 0.4) is 0 Å². The second-order valence-corrected chi connectivity index (χ2v) is 10.7. The minimum atomic E-state index is 0.00988. The highest BCUT2D eigenvalue weighted by atomic mass is 16.5. The first kappa shape index (κ1) is 24.9. The van der Waals surface area contributed by atoms with Crippen molar-refractivity contribution < 1.29 is 14.3 Å². The molecular weight excluding hydrogens is 462 g/mol. The molecule has 1 atom stereocenters. The molecule has 6 heteroatoms. The number of imidazole rings is 1. The lowest BCUT2D eigenvalue weighted by molar-refractivity contribution is -0.117. The van der Waals surface area contributed by atoms with Crippen molar-refractivity contribution in [2.24, 2.45) is 0 Å². The lowest BCUT2D eigenvalue weighted by Crippen LogP contribution is -2.25. The Morgan fingerprint density at radius 1 is 0.973 bits per heavy atom. The average molecular weight is 498 g/mol. The van der Waals surface area contributed by atoms with Gasteiger partial charge in [0.1, 0.15) is 17.3 Å². The summed E-state index contributed by atoms with van der Waals surface area (Å²) < 4.78 is 13.8. The van der Waals surface area contributed by atoms with E-state index < -0.39 is 0 Å². The third-order valence-electron chi connectivity index (χ3n) is 7.07. The fraction of sp³-hybridized carbons (Fsp3) is 0.355. The maximum atomic E-state index is 13.1. The number of hydrogen-bond acceptors (Lipinski definition) is 4. The van der Waals surface area contributed by atoms with Crippen molar-refractivity contribution in [2.75, 3.05) is 25.2 Å². The van der Waals surface area contributed by atoms with Crippen molar-refractivity contribution in [2.45, 2.75) is 51.5 Å². The zero-order valence-electron chi connectivity index (χ0n) is 22.1. The summed E-state index contributed by atoms with van der Waals surface area (Å²) in [7, 11) is 1.64. The molecule has 2 heterocycles. The van der Waals surface area contributed by atoms with Gasteiger partial charge in [0.2, 0.25) is 5.91 Å². The summed E-state index contributed by atoms with van der Waals surface area (Å²) in [5, 5.41) is 0. The van der Waals surface area contributed by atoms with Gasteiger partial charge in [0, 0.05) is 25.4 Å². The minimum Gasteiger partial charge on any atom is -0.495 e. The van der Waals surface area contributed by atoms with Crippen LogP contribution in [-0.4, -0.2) is 35.7 Å². The molecule has 4 aromatic rings. The molecule has 1 unspecified atom stereocenters. The number of benzene rings is 3. The SMILES string of the molecule is COc1ccccc1N1CC(c2nc3ccccc3n2CCCOc2ccc(C(C)(C)C)cc2)CC1=O. The molecule has 3 aromatic carbocycles. The molecule has 6 nitrogen and oxygen atoms in total. The number of aryl methyl sites for hydroxylation is 1. The predicted molar refractivity (Wildman–Crippen MR) is 148 cm³/mol. The lowest BCUT2D eigenvalue weighted by atomic mass is 9.87. The Morgan fingerprint density at radius 3 is 2.46 bits per heavy atom. The van der Waals surface area contributed by atoms with E-state index in [-0.39, 0.29) is 17.2 Å². The molecule has 1 fully saturated rings. The molecule has 37 heavy (non-hydrogen) atoms. The largest absolute Gasteiger partial charge is 0.495 e. The Kier molecular flexibility index (Phi) is 6.92. The van der Waals surface area contributed by atoms with Gasteiger partial charge in [-0.25, -0.2) is 4.98 Å². The summed E-state index contributed by atoms with van der Waals surface area (Å²) in [5.41, 5.74) is 4.28. The minimum absolute atomic E-state index is 0.00988. The maximum Gasteiger partial charge on any atom is 0.227 e. The molecule has 192 valence electrons. The van der Waals surface area contributed by atoms with Crippen LogP contribution in [0, 0.1) is 0 Å². The Balaban J connectivity index is 1.31. The van der Waals surface area contributed by atoms with Gasteiger partial charge in [-0.05, 0) is 53.8 Å². The number of ether oxygens (including phenoxy) is 2. The van der Waals surface area contributed by atoms with Crippen LogP contribution in [0.1, 0.15) is 50.9 Å². The van der Waals surface area contributed by atoms with E-state index in [2.05, 4.69) is 55.7 Å². The molecule has 1 aromatic heterocycles. The smallest absolute Gasteiger partial charge is 0.227 e. The second kappa shape index (κ2) is 10.3. The van der Waals surface area contributed by atoms with Crippen LogP contribution in [0.15, 0.2) is 72.8 Å². The van der Waals surface area contributed by atoms with Crippen molar-refractivity contribution >= 4 is 22.6 Å². The number of anilines is 1. The molecule has 0 bridgehead atoms. The number of carbonyl (C=O) groups is 1. The van der Waals surface area contributed by atoms with E-state index >= 15 is 0 Å². The normalized spacial score (nSPS) is 15.9. The first-order valence-corrected chi connectivity index (χ1v) is 13.0. The van der Waals surface area contributed by atoms with Gasteiger partial charge < -0.3 is 18.9 Å². The molecule has 1 aliphatic heterocycles. The van der Waals surface area contributed by atoms with Crippen molar-refractivity contribution in [3.63, 3.8) is 0 Å². The van der Waals surface area contributed by atoms with Gasteiger partial charge in [-0.2, -0.15) is 0 Å². The zero-order chi connectivity index (χ0) is 26.0. The molecule has 0 radical (unpaired) electrons. The summed E-state index contributed by atoms with van der Waals surface area (Å²) in [6, 6.07) is 24.3. The number of nitrogens with zero attached hydrogens (tertiary/aromatic N) is 3. The quantitative estimate of drug-likeness (QED) is 0.267. The van der Waals surface area contributed by atoms with Gasteiger partial charge in [-0.1, -0.05) is 57.2 Å². The molecule has 0 saturated carbocycles. The van der Waals surface area contributed by atoms with E-state index in [1.165, 1.54) is 5.56 Å². The lowest BCUT2D eigenvalue weighted by Gasteiger charge is -2.20. The molecule has 0 spiro atoms. The van der Waals surface area contributed by atoms with E-state index in [0.29, 0.717) is 25.3 Å². The van der Waals surface area contributed by atoms with E-state index in [0.717, 1.165) is 41.3 Å². The summed E-state index contributed by atoms with van der Waals surface area (Å²) in [6.07, 6.45) is 1.27. The van der Waals surface area contributed by atoms with Gasteiger partial charge >= 0.3 is 0 Å². The number of amides is 1. The highest BCUT2D eigenvalue weighted by Gasteiger charge is 2.35. The summed E-state index contributed by atoms with van der Waals surface area (Å²) >= 11 is 0. The Bertz CT molecular complexity index is 1390. The second-order valence-electron chi connectivity index (χ2n) is 10.7. The molecule has 1 aliphatic rings. The monoisotopic (exact) mass is 497 g/mol. The van der Waals surface area contributed by atoms with Crippen LogP contribution in [-0.2, 0) is 16.8 Å². The number of para-hydroxylation sites is 4. The summed E-state index contributed by atoms with van der Waals surface area (Å²) in [4.78, 5) is 19.9. The van der Waals surface area contributed by atoms with E-state index in [1.807, 2.05) is 47.4 Å². The highest BCUT2D eigenvalue weighted by molar-refractivity contribution is 5.97. The first-order chi connectivity index (χ1) is 17.8. The molecule has 0 N–H and O–H groups in total. The number of rotatable bonds is 8. The fourth-order valence-corrected chi connectivity index (χ4v) is 5.07. The van der Waals surface area contributed by atoms with Crippen molar-refractivity contribution in [1.82, 2.24) is 9.55 Å². The van der Waals surface area contributed by atoms with Crippen LogP contribution in [0.2, 0.25) is 0 Å². The maximum absolute atomic E-state index is 13.1. The third-order valence-corrected chi connectivity index (χ3v) is 7.07. The van der Waals surface area contributed by atoms with E-state index in [1.54, 1.807) is 7.11 Å². The third kappa shape index (κ3) is 5.19. The van der Waals surface area contributed by atoms with Gasteiger partial charge in [-0.15, -0.1) is 0 Å². The fourth-order valence-electron chi connectivity index (χ4n) is 5.07. The van der Waals surface area contributed by atoms with Gasteiger partial charge in [-0.3, -0.25) is 4.79 Å².